The van der Waals surface area contributed by atoms with E-state index in [9.17, 15) is 5.11 Å². The fraction of sp³-hybridized carbons (Fsp3) is 0.143. The number of aryl methyl sites for hydroxylation is 1. The molecule has 0 bridgehead atoms. The van der Waals surface area contributed by atoms with Crippen molar-refractivity contribution in [3.63, 3.8) is 0 Å². The lowest BCUT2D eigenvalue weighted by Gasteiger charge is -2.09. The summed E-state index contributed by atoms with van der Waals surface area (Å²) in [5.74, 6) is 0.715. The van der Waals surface area contributed by atoms with Crippen molar-refractivity contribution in [1.82, 2.24) is 9.97 Å². The van der Waals surface area contributed by atoms with Gasteiger partial charge in [0.2, 0.25) is 0 Å². The Bertz CT molecular complexity index is 677. The second kappa shape index (κ2) is 4.23. The van der Waals surface area contributed by atoms with Crippen molar-refractivity contribution < 1.29 is 9.52 Å². The quantitative estimate of drug-likeness (QED) is 0.748. The number of hydrogen-bond donors (Lipinski definition) is 1. The average Bonchev–Trinajstić information content (AvgIpc) is 2.75. The molecule has 0 spiro atoms. The lowest BCUT2D eigenvalue weighted by atomic mass is 10.0. The van der Waals surface area contributed by atoms with Gasteiger partial charge in [0.15, 0.2) is 0 Å². The Balaban J connectivity index is 2.17. The largest absolute Gasteiger partial charge is 0.461 e. The Labute approximate surface area is 104 Å². The molecule has 0 saturated heterocycles. The Morgan fingerprint density at radius 3 is 2.67 bits per heavy atom. The summed E-state index contributed by atoms with van der Waals surface area (Å²) in [6, 6.07) is 7.66. The zero-order chi connectivity index (χ0) is 12.5. The van der Waals surface area contributed by atoms with Crippen LogP contribution in [0.15, 0.2) is 47.4 Å². The number of aromatic nitrogens is 2. The second-order valence-corrected chi connectivity index (χ2v) is 4.14. The van der Waals surface area contributed by atoms with Gasteiger partial charge in [-0.25, -0.2) is 9.97 Å². The predicted molar refractivity (Wildman–Crippen MR) is 67.0 cm³/mol. The van der Waals surface area contributed by atoms with Crippen LogP contribution >= 0.6 is 0 Å². The Kier molecular flexibility index (Phi) is 2.57. The predicted octanol–water partition coefficient (Wildman–Crippen LogP) is 2.61. The first kappa shape index (κ1) is 10.9. The highest BCUT2D eigenvalue weighted by Crippen LogP contribution is 2.33. The minimum Gasteiger partial charge on any atom is -0.461 e. The summed E-state index contributed by atoms with van der Waals surface area (Å²) in [5, 5.41) is 11.3. The van der Waals surface area contributed by atoms with Gasteiger partial charge in [0.1, 0.15) is 23.8 Å². The monoisotopic (exact) mass is 240 g/mol. The standard InChI is InChI=1S/C14H12N2O2/c1-9-13(11-4-2-3-5-12(11)18-9)14(17)10-6-15-8-16-7-10/h2-8,14,17H,1H3. The van der Waals surface area contributed by atoms with Crippen LogP contribution in [0.1, 0.15) is 23.0 Å². The van der Waals surface area contributed by atoms with E-state index in [-0.39, 0.29) is 0 Å². The summed E-state index contributed by atoms with van der Waals surface area (Å²) >= 11 is 0. The van der Waals surface area contributed by atoms with Gasteiger partial charge in [-0.15, -0.1) is 0 Å². The maximum atomic E-state index is 10.4. The van der Waals surface area contributed by atoms with Crippen molar-refractivity contribution in [3.8, 4) is 0 Å². The van der Waals surface area contributed by atoms with Crippen LogP contribution in [0.2, 0.25) is 0 Å². The van der Waals surface area contributed by atoms with Crippen LogP contribution in [-0.2, 0) is 0 Å². The third kappa shape index (κ3) is 1.67. The third-order valence-electron chi connectivity index (χ3n) is 2.99. The number of para-hydroxylation sites is 1. The molecule has 18 heavy (non-hydrogen) atoms. The minimum atomic E-state index is -0.769. The maximum absolute atomic E-state index is 10.4. The van der Waals surface area contributed by atoms with Crippen molar-refractivity contribution in [2.24, 2.45) is 0 Å². The van der Waals surface area contributed by atoms with Gasteiger partial charge in [0, 0.05) is 28.9 Å². The minimum absolute atomic E-state index is 0.659. The van der Waals surface area contributed by atoms with Gasteiger partial charge in [-0.1, -0.05) is 18.2 Å². The fourth-order valence-electron chi connectivity index (χ4n) is 2.15. The molecule has 3 rings (SSSR count). The topological polar surface area (TPSA) is 59.2 Å². The molecule has 3 aromatic rings. The molecule has 0 amide bonds. The second-order valence-electron chi connectivity index (χ2n) is 4.14. The van der Waals surface area contributed by atoms with Crippen LogP contribution in [0.4, 0.5) is 0 Å². The molecule has 0 aliphatic carbocycles. The fourth-order valence-corrected chi connectivity index (χ4v) is 2.15. The molecule has 1 N–H and O–H groups in total. The van der Waals surface area contributed by atoms with Gasteiger partial charge < -0.3 is 9.52 Å². The van der Waals surface area contributed by atoms with Crippen molar-refractivity contribution in [1.29, 1.82) is 0 Å². The van der Waals surface area contributed by atoms with E-state index in [0.29, 0.717) is 11.3 Å². The molecule has 0 aliphatic rings. The first-order valence-electron chi connectivity index (χ1n) is 5.68. The molecule has 0 saturated carbocycles. The summed E-state index contributed by atoms with van der Waals surface area (Å²) in [4.78, 5) is 7.85. The highest BCUT2D eigenvalue weighted by Gasteiger charge is 2.20. The smallest absolute Gasteiger partial charge is 0.134 e. The number of aliphatic hydroxyl groups excluding tert-OH is 1. The maximum Gasteiger partial charge on any atom is 0.134 e. The van der Waals surface area contributed by atoms with E-state index in [1.54, 1.807) is 12.4 Å². The SMILES string of the molecule is Cc1oc2ccccc2c1C(O)c1cncnc1. The normalized spacial score (nSPS) is 12.8. The number of aliphatic hydroxyl groups is 1. The zero-order valence-electron chi connectivity index (χ0n) is 9.87. The third-order valence-corrected chi connectivity index (χ3v) is 2.99. The first-order valence-corrected chi connectivity index (χ1v) is 5.68. The zero-order valence-corrected chi connectivity index (χ0v) is 9.87. The average molecular weight is 240 g/mol. The van der Waals surface area contributed by atoms with Crippen LogP contribution in [0, 0.1) is 6.92 Å². The highest BCUT2D eigenvalue weighted by molar-refractivity contribution is 5.83. The van der Waals surface area contributed by atoms with Gasteiger partial charge in [-0.2, -0.15) is 0 Å². The Morgan fingerprint density at radius 2 is 1.89 bits per heavy atom. The summed E-state index contributed by atoms with van der Waals surface area (Å²) < 4.78 is 5.64. The van der Waals surface area contributed by atoms with Gasteiger partial charge in [-0.05, 0) is 13.0 Å². The van der Waals surface area contributed by atoms with Crippen molar-refractivity contribution in [3.05, 3.63) is 59.9 Å². The lowest BCUT2D eigenvalue weighted by Crippen LogP contribution is -2.01. The number of fused-ring (bicyclic) bond motifs is 1. The molecule has 0 fully saturated rings. The van der Waals surface area contributed by atoms with E-state index < -0.39 is 6.10 Å². The molecule has 4 heteroatoms. The Hall–Kier alpha value is -2.20. The number of benzene rings is 1. The molecular formula is C14H12N2O2. The first-order chi connectivity index (χ1) is 8.77. The van der Waals surface area contributed by atoms with E-state index in [4.69, 9.17) is 4.42 Å². The molecule has 0 radical (unpaired) electrons. The highest BCUT2D eigenvalue weighted by atomic mass is 16.3. The van der Waals surface area contributed by atoms with Crippen molar-refractivity contribution in [2.75, 3.05) is 0 Å². The molecular weight excluding hydrogens is 228 g/mol. The van der Waals surface area contributed by atoms with E-state index in [1.807, 2.05) is 31.2 Å². The molecule has 1 aromatic carbocycles. The number of nitrogens with zero attached hydrogens (tertiary/aromatic N) is 2. The lowest BCUT2D eigenvalue weighted by molar-refractivity contribution is 0.218. The van der Waals surface area contributed by atoms with Gasteiger partial charge >= 0.3 is 0 Å². The summed E-state index contributed by atoms with van der Waals surface area (Å²) in [6.45, 7) is 1.85. The number of hydrogen-bond acceptors (Lipinski definition) is 4. The Morgan fingerprint density at radius 1 is 1.17 bits per heavy atom. The molecule has 4 nitrogen and oxygen atoms in total. The van der Waals surface area contributed by atoms with Crippen LogP contribution in [0.5, 0.6) is 0 Å². The van der Waals surface area contributed by atoms with Crippen LogP contribution in [0.3, 0.4) is 0 Å². The molecule has 1 atom stereocenters. The molecule has 1 unspecified atom stereocenters. The summed E-state index contributed by atoms with van der Waals surface area (Å²) in [6.07, 6.45) is 3.89. The van der Waals surface area contributed by atoms with Gasteiger partial charge in [0.05, 0.1) is 0 Å². The van der Waals surface area contributed by atoms with Gasteiger partial charge in [0.25, 0.3) is 0 Å². The van der Waals surface area contributed by atoms with E-state index >= 15 is 0 Å². The summed E-state index contributed by atoms with van der Waals surface area (Å²) in [7, 11) is 0. The van der Waals surface area contributed by atoms with Crippen LogP contribution in [0.25, 0.3) is 11.0 Å². The number of rotatable bonds is 2. The van der Waals surface area contributed by atoms with E-state index in [0.717, 1.165) is 16.5 Å². The van der Waals surface area contributed by atoms with Crippen LogP contribution < -0.4 is 0 Å². The van der Waals surface area contributed by atoms with E-state index in [1.165, 1.54) is 6.33 Å². The summed E-state index contributed by atoms with van der Waals surface area (Å²) in [5.41, 5.74) is 2.22. The van der Waals surface area contributed by atoms with Gasteiger partial charge in [-0.3, -0.25) is 0 Å². The van der Waals surface area contributed by atoms with Crippen LogP contribution in [-0.4, -0.2) is 15.1 Å². The molecule has 2 aromatic heterocycles. The van der Waals surface area contributed by atoms with Crippen molar-refractivity contribution >= 4 is 11.0 Å². The van der Waals surface area contributed by atoms with E-state index in [2.05, 4.69) is 9.97 Å². The molecule has 2 heterocycles. The molecule has 0 aliphatic heterocycles. The molecule has 90 valence electrons. The van der Waals surface area contributed by atoms with Crippen molar-refractivity contribution in [2.45, 2.75) is 13.0 Å². The number of furan rings is 1.